The van der Waals surface area contributed by atoms with Crippen LogP contribution in [0.15, 0.2) is 30.3 Å². The van der Waals surface area contributed by atoms with Gasteiger partial charge in [0.25, 0.3) is 0 Å². The molecule has 0 unspecified atom stereocenters. The van der Waals surface area contributed by atoms with Crippen molar-refractivity contribution in [2.75, 3.05) is 19.6 Å². The van der Waals surface area contributed by atoms with Crippen LogP contribution in [0.2, 0.25) is 0 Å². The summed E-state index contributed by atoms with van der Waals surface area (Å²) in [7, 11) is 0. The van der Waals surface area contributed by atoms with Crippen LogP contribution in [0, 0.1) is 0 Å². The number of carbonyl (C=O) groups is 1. The largest absolute Gasteiger partial charge is 0.338 e. The molecule has 0 atom stereocenters. The van der Waals surface area contributed by atoms with E-state index in [2.05, 4.69) is 43.0 Å². The van der Waals surface area contributed by atoms with E-state index in [1.165, 1.54) is 5.56 Å². The van der Waals surface area contributed by atoms with Crippen LogP contribution < -0.4 is 5.73 Å². The zero-order chi connectivity index (χ0) is 16.5. The van der Waals surface area contributed by atoms with Gasteiger partial charge in [0.15, 0.2) is 0 Å². The van der Waals surface area contributed by atoms with Crippen molar-refractivity contribution in [2.45, 2.75) is 57.2 Å². The summed E-state index contributed by atoms with van der Waals surface area (Å²) < 4.78 is 0. The number of nitrogens with zero attached hydrogens (tertiary/aromatic N) is 2. The Morgan fingerprint density at radius 3 is 2.39 bits per heavy atom. The van der Waals surface area contributed by atoms with Crippen LogP contribution in [0.5, 0.6) is 0 Å². The second-order valence-corrected chi connectivity index (χ2v) is 7.81. The van der Waals surface area contributed by atoms with Crippen molar-refractivity contribution in [1.29, 1.82) is 0 Å². The summed E-state index contributed by atoms with van der Waals surface area (Å²) in [6.07, 6.45) is 3.85. The van der Waals surface area contributed by atoms with E-state index in [1.54, 1.807) is 0 Å². The molecule has 4 nitrogen and oxygen atoms in total. The molecule has 2 N–H and O–H groups in total. The molecule has 0 radical (unpaired) electrons. The predicted octanol–water partition coefficient (Wildman–Crippen LogP) is 2.38. The summed E-state index contributed by atoms with van der Waals surface area (Å²) in [5.41, 5.74) is 7.07. The average molecular weight is 315 g/mol. The SMILES string of the molecule is CC1(C)CN(C(=O)C2(N)CCCC2)CCN1Cc1ccccc1. The van der Waals surface area contributed by atoms with Crippen molar-refractivity contribution >= 4 is 5.91 Å². The first kappa shape index (κ1) is 16.5. The number of hydrogen-bond donors (Lipinski definition) is 1. The Morgan fingerprint density at radius 2 is 1.78 bits per heavy atom. The van der Waals surface area contributed by atoms with Crippen LogP contribution in [0.1, 0.15) is 45.1 Å². The van der Waals surface area contributed by atoms with Crippen molar-refractivity contribution in [3.8, 4) is 0 Å². The fraction of sp³-hybridized carbons (Fsp3) is 0.632. The molecular weight excluding hydrogens is 286 g/mol. The van der Waals surface area contributed by atoms with Crippen molar-refractivity contribution in [3.63, 3.8) is 0 Å². The lowest BCUT2D eigenvalue weighted by Crippen LogP contribution is -2.64. The predicted molar refractivity (Wildman–Crippen MR) is 92.9 cm³/mol. The zero-order valence-electron chi connectivity index (χ0n) is 14.4. The Bertz CT molecular complexity index is 549. The summed E-state index contributed by atoms with van der Waals surface area (Å²) in [4.78, 5) is 17.3. The number of hydrogen-bond acceptors (Lipinski definition) is 3. The summed E-state index contributed by atoms with van der Waals surface area (Å²) in [6.45, 7) is 7.85. The van der Waals surface area contributed by atoms with Gasteiger partial charge in [-0.25, -0.2) is 0 Å². The third-order valence-electron chi connectivity index (χ3n) is 5.50. The van der Waals surface area contributed by atoms with Crippen molar-refractivity contribution in [1.82, 2.24) is 9.80 Å². The van der Waals surface area contributed by atoms with Crippen LogP contribution in [-0.2, 0) is 11.3 Å². The topological polar surface area (TPSA) is 49.6 Å². The maximum atomic E-state index is 12.9. The second kappa shape index (κ2) is 6.25. The van der Waals surface area contributed by atoms with Gasteiger partial charge in [-0.3, -0.25) is 9.69 Å². The molecule has 1 aliphatic carbocycles. The van der Waals surface area contributed by atoms with Crippen LogP contribution in [0.3, 0.4) is 0 Å². The Morgan fingerprint density at radius 1 is 1.13 bits per heavy atom. The van der Waals surface area contributed by atoms with Crippen LogP contribution >= 0.6 is 0 Å². The summed E-state index contributed by atoms with van der Waals surface area (Å²) in [5.74, 6) is 0.169. The van der Waals surface area contributed by atoms with Gasteiger partial charge in [0.2, 0.25) is 5.91 Å². The second-order valence-electron chi connectivity index (χ2n) is 7.81. The van der Waals surface area contributed by atoms with Crippen LogP contribution in [0.25, 0.3) is 0 Å². The molecule has 23 heavy (non-hydrogen) atoms. The minimum absolute atomic E-state index is 0.0291. The molecule has 0 spiro atoms. The third-order valence-corrected chi connectivity index (χ3v) is 5.50. The Labute approximate surface area is 139 Å². The molecule has 1 saturated carbocycles. The number of benzene rings is 1. The maximum Gasteiger partial charge on any atom is 0.242 e. The van der Waals surface area contributed by atoms with Crippen molar-refractivity contribution < 1.29 is 4.79 Å². The van der Waals surface area contributed by atoms with E-state index in [4.69, 9.17) is 5.73 Å². The lowest BCUT2D eigenvalue weighted by Gasteiger charge is -2.48. The van der Waals surface area contributed by atoms with Crippen molar-refractivity contribution in [3.05, 3.63) is 35.9 Å². The van der Waals surface area contributed by atoms with E-state index in [1.807, 2.05) is 11.0 Å². The van der Waals surface area contributed by atoms with E-state index >= 15 is 0 Å². The molecule has 0 bridgehead atoms. The Kier molecular flexibility index (Phi) is 4.47. The molecule has 1 aliphatic heterocycles. The van der Waals surface area contributed by atoms with Gasteiger partial charge < -0.3 is 10.6 Å². The molecule has 1 aromatic rings. The minimum Gasteiger partial charge on any atom is -0.338 e. The molecule has 1 heterocycles. The Balaban J connectivity index is 1.66. The van der Waals surface area contributed by atoms with E-state index in [-0.39, 0.29) is 11.4 Å². The average Bonchev–Trinajstić information content (AvgIpc) is 2.97. The fourth-order valence-electron chi connectivity index (χ4n) is 4.00. The highest BCUT2D eigenvalue weighted by Gasteiger charge is 2.43. The number of rotatable bonds is 3. The molecular formula is C19H29N3O. The van der Waals surface area contributed by atoms with Gasteiger partial charge in [-0.05, 0) is 32.3 Å². The molecule has 0 aromatic heterocycles. The number of piperazine rings is 1. The first-order chi connectivity index (χ1) is 10.9. The first-order valence-electron chi connectivity index (χ1n) is 8.78. The quantitative estimate of drug-likeness (QED) is 0.932. The normalized spacial score (nSPS) is 23.9. The highest BCUT2D eigenvalue weighted by atomic mass is 16.2. The van der Waals surface area contributed by atoms with E-state index in [0.717, 1.165) is 51.9 Å². The maximum absolute atomic E-state index is 12.9. The molecule has 3 rings (SSSR count). The molecule has 1 amide bonds. The van der Waals surface area contributed by atoms with Gasteiger partial charge in [-0.2, -0.15) is 0 Å². The van der Waals surface area contributed by atoms with Crippen molar-refractivity contribution in [2.24, 2.45) is 5.73 Å². The first-order valence-corrected chi connectivity index (χ1v) is 8.78. The smallest absolute Gasteiger partial charge is 0.242 e. The fourth-order valence-corrected chi connectivity index (χ4v) is 4.00. The van der Waals surface area contributed by atoms with Crippen LogP contribution in [0.4, 0.5) is 0 Å². The summed E-state index contributed by atoms with van der Waals surface area (Å²) >= 11 is 0. The van der Waals surface area contributed by atoms with E-state index in [0.29, 0.717) is 0 Å². The highest BCUT2D eigenvalue weighted by molar-refractivity contribution is 5.86. The van der Waals surface area contributed by atoms with Gasteiger partial charge in [0, 0.05) is 31.7 Å². The Hall–Kier alpha value is -1.39. The molecule has 4 heteroatoms. The number of nitrogens with two attached hydrogens (primary N) is 1. The molecule has 1 saturated heterocycles. The molecule has 2 fully saturated rings. The van der Waals surface area contributed by atoms with Gasteiger partial charge in [0.05, 0.1) is 5.54 Å². The summed E-state index contributed by atoms with van der Waals surface area (Å²) in [6, 6.07) is 10.6. The minimum atomic E-state index is -0.600. The van der Waals surface area contributed by atoms with Crippen LogP contribution in [-0.4, -0.2) is 46.4 Å². The summed E-state index contributed by atoms with van der Waals surface area (Å²) in [5, 5.41) is 0. The standard InChI is InChI=1S/C19H29N3O/c1-18(2)15-21(17(23)19(20)10-6-7-11-19)12-13-22(18)14-16-8-4-3-5-9-16/h3-5,8-9H,6-7,10-15,20H2,1-2H3. The van der Waals surface area contributed by atoms with Gasteiger partial charge in [0.1, 0.15) is 0 Å². The molecule has 2 aliphatic rings. The lowest BCUT2D eigenvalue weighted by atomic mass is 9.93. The lowest BCUT2D eigenvalue weighted by molar-refractivity contribution is -0.142. The third kappa shape index (κ3) is 3.43. The molecule has 1 aromatic carbocycles. The highest BCUT2D eigenvalue weighted by Crippen LogP contribution is 2.31. The van der Waals surface area contributed by atoms with Gasteiger partial charge >= 0.3 is 0 Å². The van der Waals surface area contributed by atoms with E-state index < -0.39 is 5.54 Å². The monoisotopic (exact) mass is 315 g/mol. The zero-order valence-corrected chi connectivity index (χ0v) is 14.4. The van der Waals surface area contributed by atoms with Gasteiger partial charge in [-0.1, -0.05) is 43.2 Å². The van der Waals surface area contributed by atoms with Gasteiger partial charge in [-0.15, -0.1) is 0 Å². The van der Waals surface area contributed by atoms with E-state index in [9.17, 15) is 4.79 Å². The number of amides is 1. The molecule has 126 valence electrons. The number of carbonyl (C=O) groups excluding carboxylic acids is 1.